The first-order valence-electron chi connectivity index (χ1n) is 4.12. The Kier molecular flexibility index (Phi) is 2.27. The van der Waals surface area contributed by atoms with Gasteiger partial charge in [0.05, 0.1) is 6.20 Å². The molecular weight excluding hydrogens is 180 g/mol. The zero-order valence-electron chi connectivity index (χ0n) is 7.31. The second kappa shape index (κ2) is 3.74. The molecule has 1 N–H and O–H groups in total. The molecular formula is C10H8N2O2. The average Bonchev–Trinajstić information content (AvgIpc) is 2.19. The molecule has 1 heterocycles. The molecule has 0 unspecified atom stereocenters. The van der Waals surface area contributed by atoms with Crippen molar-refractivity contribution < 1.29 is 4.74 Å². The second-order valence-corrected chi connectivity index (χ2v) is 2.70. The van der Waals surface area contributed by atoms with E-state index in [-0.39, 0.29) is 5.56 Å². The lowest BCUT2D eigenvalue weighted by atomic mass is 10.3. The first kappa shape index (κ1) is 8.50. The zero-order valence-corrected chi connectivity index (χ0v) is 7.31. The van der Waals surface area contributed by atoms with Gasteiger partial charge in [-0.25, -0.2) is 5.10 Å². The standard InChI is InChI=1S/C10H8N2O2/c13-10-6-9(7-11-12-10)14-8-4-2-1-3-5-8/h1-7H,(H,12,13). The van der Waals surface area contributed by atoms with Crippen LogP contribution in [0.25, 0.3) is 0 Å². The number of aromatic nitrogens is 2. The van der Waals surface area contributed by atoms with E-state index >= 15 is 0 Å². The van der Waals surface area contributed by atoms with Crippen molar-refractivity contribution in [1.82, 2.24) is 10.2 Å². The van der Waals surface area contributed by atoms with Crippen LogP contribution in [0.4, 0.5) is 0 Å². The molecule has 14 heavy (non-hydrogen) atoms. The molecule has 1 aromatic heterocycles. The van der Waals surface area contributed by atoms with Gasteiger partial charge in [-0.1, -0.05) is 18.2 Å². The van der Waals surface area contributed by atoms with E-state index in [1.165, 1.54) is 12.3 Å². The van der Waals surface area contributed by atoms with Gasteiger partial charge in [0.25, 0.3) is 5.56 Å². The number of aromatic amines is 1. The van der Waals surface area contributed by atoms with Gasteiger partial charge in [-0.15, -0.1) is 0 Å². The van der Waals surface area contributed by atoms with E-state index in [0.29, 0.717) is 11.5 Å². The van der Waals surface area contributed by atoms with Crippen LogP contribution in [0.1, 0.15) is 0 Å². The van der Waals surface area contributed by atoms with Gasteiger partial charge in [0, 0.05) is 6.07 Å². The molecule has 0 amide bonds. The predicted octanol–water partition coefficient (Wildman–Crippen LogP) is 1.56. The minimum atomic E-state index is -0.279. The Balaban J connectivity index is 2.24. The van der Waals surface area contributed by atoms with Gasteiger partial charge in [-0.3, -0.25) is 4.79 Å². The largest absolute Gasteiger partial charge is 0.455 e. The second-order valence-electron chi connectivity index (χ2n) is 2.70. The highest BCUT2D eigenvalue weighted by molar-refractivity contribution is 5.27. The van der Waals surface area contributed by atoms with Crippen LogP contribution in [-0.2, 0) is 0 Å². The van der Waals surface area contributed by atoms with Crippen LogP contribution < -0.4 is 10.3 Å². The Morgan fingerprint density at radius 3 is 2.64 bits per heavy atom. The van der Waals surface area contributed by atoms with E-state index in [4.69, 9.17) is 4.74 Å². The number of hydrogen-bond acceptors (Lipinski definition) is 3. The van der Waals surface area contributed by atoms with Crippen molar-refractivity contribution in [3.05, 3.63) is 52.9 Å². The summed E-state index contributed by atoms with van der Waals surface area (Å²) in [5.41, 5.74) is -0.279. The summed E-state index contributed by atoms with van der Waals surface area (Å²) in [6, 6.07) is 10.6. The number of rotatable bonds is 2. The maximum Gasteiger partial charge on any atom is 0.267 e. The molecule has 0 atom stereocenters. The number of hydrogen-bond donors (Lipinski definition) is 1. The van der Waals surface area contributed by atoms with E-state index in [9.17, 15) is 4.79 Å². The number of benzene rings is 1. The molecule has 0 aliphatic carbocycles. The van der Waals surface area contributed by atoms with E-state index in [1.54, 1.807) is 12.1 Å². The van der Waals surface area contributed by atoms with Crippen LogP contribution in [0.5, 0.6) is 11.5 Å². The number of nitrogens with zero attached hydrogens (tertiary/aromatic N) is 1. The van der Waals surface area contributed by atoms with Crippen molar-refractivity contribution >= 4 is 0 Å². The highest BCUT2D eigenvalue weighted by Gasteiger charge is 1.96. The summed E-state index contributed by atoms with van der Waals surface area (Å²) < 4.78 is 5.38. The third-order valence-corrected chi connectivity index (χ3v) is 1.62. The summed E-state index contributed by atoms with van der Waals surface area (Å²) in [4.78, 5) is 10.9. The van der Waals surface area contributed by atoms with E-state index in [0.717, 1.165) is 0 Å². The van der Waals surface area contributed by atoms with Crippen LogP contribution in [-0.4, -0.2) is 10.2 Å². The predicted molar refractivity (Wildman–Crippen MR) is 51.4 cm³/mol. The fraction of sp³-hybridized carbons (Fsp3) is 0. The van der Waals surface area contributed by atoms with Gasteiger partial charge >= 0.3 is 0 Å². The smallest absolute Gasteiger partial charge is 0.267 e. The van der Waals surface area contributed by atoms with Gasteiger partial charge in [0.15, 0.2) is 5.75 Å². The van der Waals surface area contributed by atoms with Gasteiger partial charge in [-0.05, 0) is 12.1 Å². The van der Waals surface area contributed by atoms with E-state index in [2.05, 4.69) is 10.2 Å². The number of ether oxygens (including phenoxy) is 1. The summed E-state index contributed by atoms with van der Waals surface area (Å²) in [7, 11) is 0. The summed E-state index contributed by atoms with van der Waals surface area (Å²) in [5.74, 6) is 1.11. The third-order valence-electron chi connectivity index (χ3n) is 1.62. The van der Waals surface area contributed by atoms with Crippen molar-refractivity contribution in [2.45, 2.75) is 0 Å². The Morgan fingerprint density at radius 2 is 1.93 bits per heavy atom. The Morgan fingerprint density at radius 1 is 1.14 bits per heavy atom. The molecule has 4 heteroatoms. The monoisotopic (exact) mass is 188 g/mol. The van der Waals surface area contributed by atoms with Crippen LogP contribution in [0.15, 0.2) is 47.4 Å². The lowest BCUT2D eigenvalue weighted by Crippen LogP contribution is -2.05. The first-order chi connectivity index (χ1) is 6.84. The topological polar surface area (TPSA) is 55.0 Å². The summed E-state index contributed by atoms with van der Waals surface area (Å²) >= 11 is 0. The van der Waals surface area contributed by atoms with Crippen molar-refractivity contribution in [1.29, 1.82) is 0 Å². The van der Waals surface area contributed by atoms with E-state index in [1.807, 2.05) is 18.2 Å². The fourth-order valence-corrected chi connectivity index (χ4v) is 1.04. The molecule has 2 aromatic rings. The van der Waals surface area contributed by atoms with Crippen LogP contribution in [0, 0.1) is 0 Å². The maximum atomic E-state index is 10.9. The van der Waals surface area contributed by atoms with Gasteiger partial charge < -0.3 is 4.74 Å². The number of nitrogens with one attached hydrogen (secondary N) is 1. The maximum absolute atomic E-state index is 10.9. The summed E-state index contributed by atoms with van der Waals surface area (Å²) in [6.45, 7) is 0. The van der Waals surface area contributed by atoms with Gasteiger partial charge in [-0.2, -0.15) is 5.10 Å². The minimum absolute atomic E-state index is 0.279. The van der Waals surface area contributed by atoms with Crippen molar-refractivity contribution in [3.8, 4) is 11.5 Å². The minimum Gasteiger partial charge on any atom is -0.455 e. The number of H-pyrrole nitrogens is 1. The molecule has 0 spiro atoms. The highest BCUT2D eigenvalue weighted by atomic mass is 16.5. The zero-order chi connectivity index (χ0) is 9.80. The fourth-order valence-electron chi connectivity index (χ4n) is 1.04. The molecule has 0 saturated heterocycles. The van der Waals surface area contributed by atoms with Crippen LogP contribution in [0.2, 0.25) is 0 Å². The molecule has 0 radical (unpaired) electrons. The Labute approximate surface area is 80.2 Å². The molecule has 0 aliphatic rings. The molecule has 2 rings (SSSR count). The molecule has 70 valence electrons. The van der Waals surface area contributed by atoms with Gasteiger partial charge in [0.1, 0.15) is 5.75 Å². The lowest BCUT2D eigenvalue weighted by molar-refractivity contribution is 0.477. The average molecular weight is 188 g/mol. The highest BCUT2D eigenvalue weighted by Crippen LogP contribution is 2.17. The molecule has 4 nitrogen and oxygen atoms in total. The van der Waals surface area contributed by atoms with Crippen molar-refractivity contribution in [3.63, 3.8) is 0 Å². The van der Waals surface area contributed by atoms with Crippen LogP contribution in [0.3, 0.4) is 0 Å². The summed E-state index contributed by atoms with van der Waals surface area (Å²) in [6.07, 6.45) is 1.45. The quantitative estimate of drug-likeness (QED) is 0.778. The van der Waals surface area contributed by atoms with Crippen molar-refractivity contribution in [2.75, 3.05) is 0 Å². The lowest BCUT2D eigenvalue weighted by Gasteiger charge is -2.02. The molecule has 0 fully saturated rings. The molecule has 0 aliphatic heterocycles. The third kappa shape index (κ3) is 1.98. The SMILES string of the molecule is O=c1cc(Oc2ccccc2)cn[nH]1. The Bertz CT molecular complexity index is 465. The molecule has 0 saturated carbocycles. The Hall–Kier alpha value is -2.10. The van der Waals surface area contributed by atoms with Crippen LogP contribution >= 0.6 is 0 Å². The van der Waals surface area contributed by atoms with E-state index < -0.39 is 0 Å². The van der Waals surface area contributed by atoms with Crippen molar-refractivity contribution in [2.24, 2.45) is 0 Å². The molecule has 1 aromatic carbocycles. The summed E-state index contributed by atoms with van der Waals surface area (Å²) in [5, 5.41) is 5.89. The van der Waals surface area contributed by atoms with Gasteiger partial charge in [0.2, 0.25) is 0 Å². The molecule has 0 bridgehead atoms. The normalized spacial score (nSPS) is 9.71. The number of para-hydroxylation sites is 1. The first-order valence-corrected chi connectivity index (χ1v) is 4.12.